The third-order valence-electron chi connectivity index (χ3n) is 8.36. The van der Waals surface area contributed by atoms with Crippen LogP contribution in [0.5, 0.6) is 0 Å². The molecule has 0 saturated carbocycles. The molecule has 2 amide bonds. The van der Waals surface area contributed by atoms with E-state index in [0.717, 1.165) is 19.3 Å². The third kappa shape index (κ3) is 4.64. The van der Waals surface area contributed by atoms with Crippen LogP contribution in [-0.4, -0.2) is 82.3 Å². The number of carbonyl (C=O) groups excluding carboxylic acids is 3. The second-order valence-corrected chi connectivity index (χ2v) is 10.3. The number of rotatable bonds is 14. The molecule has 3 aliphatic heterocycles. The molecule has 6 atom stereocenters. The minimum atomic E-state index is -1.02. The first kappa shape index (κ1) is 27.7. The highest BCUT2D eigenvalue weighted by molar-refractivity contribution is 5.98. The first-order chi connectivity index (χ1) is 16.8. The highest BCUT2D eigenvalue weighted by Crippen LogP contribution is 2.64. The molecule has 3 rings (SSSR count). The summed E-state index contributed by atoms with van der Waals surface area (Å²) in [4.78, 5) is 44.9. The highest BCUT2D eigenvalue weighted by Gasteiger charge is 2.79. The van der Waals surface area contributed by atoms with Crippen LogP contribution < -0.4 is 0 Å². The van der Waals surface area contributed by atoms with Crippen LogP contribution in [0.2, 0.25) is 0 Å². The van der Waals surface area contributed by atoms with Gasteiger partial charge in [-0.15, -0.1) is 6.58 Å². The Labute approximate surface area is 210 Å². The van der Waals surface area contributed by atoms with Gasteiger partial charge in [-0.2, -0.15) is 0 Å². The Morgan fingerprint density at radius 1 is 1.29 bits per heavy atom. The summed E-state index contributed by atoms with van der Waals surface area (Å²) in [6.07, 6.45) is 7.36. The summed E-state index contributed by atoms with van der Waals surface area (Å²) in [6.45, 7) is 12.8. The predicted octanol–water partition coefficient (Wildman–Crippen LogP) is 3.07. The van der Waals surface area contributed by atoms with Gasteiger partial charge in [-0.1, -0.05) is 26.3 Å². The van der Waals surface area contributed by atoms with Crippen molar-refractivity contribution in [3.63, 3.8) is 0 Å². The maximum Gasteiger partial charge on any atom is 0.312 e. The van der Waals surface area contributed by atoms with E-state index in [-0.39, 0.29) is 31.1 Å². The fraction of sp³-hybridized carbons (Fsp3) is 0.815. The Morgan fingerprint density at radius 3 is 2.63 bits per heavy atom. The van der Waals surface area contributed by atoms with E-state index >= 15 is 0 Å². The van der Waals surface area contributed by atoms with Crippen LogP contribution in [0.15, 0.2) is 12.7 Å². The summed E-state index contributed by atoms with van der Waals surface area (Å²) in [6, 6.07) is -0.784. The maximum absolute atomic E-state index is 14.3. The van der Waals surface area contributed by atoms with Gasteiger partial charge in [0.25, 0.3) is 0 Å². The molecule has 2 bridgehead atoms. The van der Waals surface area contributed by atoms with E-state index in [1.54, 1.807) is 17.9 Å². The standard InChI is InChI=1S/C27H44N2O6/c1-6-13-19(5)28(16-7-2)24(32)22-27-15-14-26(8-3,35-27)21(25(33)34-9-4)20(27)23(31)29(22)17-11-10-12-18-30/h7,19-22,30H,2,6,8-18H2,1,3-5H3/t19?,20-,21+,22?,26-,27?/m0/s1. The second-order valence-electron chi connectivity index (χ2n) is 10.3. The molecule has 198 valence electrons. The first-order valence-electron chi connectivity index (χ1n) is 13.5. The van der Waals surface area contributed by atoms with Crippen molar-refractivity contribution in [1.29, 1.82) is 0 Å². The molecule has 0 aromatic heterocycles. The van der Waals surface area contributed by atoms with Crippen LogP contribution in [0.1, 0.15) is 79.1 Å². The number of unbranched alkanes of at least 4 members (excludes halogenated alkanes) is 2. The van der Waals surface area contributed by atoms with E-state index in [1.807, 2.05) is 18.7 Å². The van der Waals surface area contributed by atoms with E-state index in [1.165, 1.54) is 0 Å². The fourth-order valence-corrected chi connectivity index (χ4v) is 6.76. The minimum Gasteiger partial charge on any atom is -0.466 e. The van der Waals surface area contributed by atoms with Gasteiger partial charge < -0.3 is 24.4 Å². The second kappa shape index (κ2) is 11.4. The average molecular weight is 493 g/mol. The summed E-state index contributed by atoms with van der Waals surface area (Å²) in [5, 5.41) is 9.19. The quantitative estimate of drug-likeness (QED) is 0.227. The van der Waals surface area contributed by atoms with E-state index in [9.17, 15) is 19.5 Å². The predicted molar refractivity (Wildman–Crippen MR) is 132 cm³/mol. The largest absolute Gasteiger partial charge is 0.466 e. The number of likely N-dealkylation sites (tertiary alicyclic amines) is 1. The fourth-order valence-electron chi connectivity index (χ4n) is 6.76. The lowest BCUT2D eigenvalue weighted by molar-refractivity contribution is -0.162. The van der Waals surface area contributed by atoms with Crippen LogP contribution in [0, 0.1) is 11.8 Å². The SMILES string of the molecule is C=CCN(C(=O)C1N(CCCCCO)C(=O)[C@@H]2[C@H](C(=O)OCC)[C@]3(CC)CCC12O3)C(C)CCC. The van der Waals surface area contributed by atoms with Crippen molar-refractivity contribution in [3.8, 4) is 0 Å². The van der Waals surface area contributed by atoms with Gasteiger partial charge in [0, 0.05) is 25.7 Å². The number of hydrogen-bond acceptors (Lipinski definition) is 6. The van der Waals surface area contributed by atoms with Crippen molar-refractivity contribution in [2.75, 3.05) is 26.3 Å². The number of carbonyl (C=O) groups is 3. The molecule has 35 heavy (non-hydrogen) atoms. The van der Waals surface area contributed by atoms with Crippen LogP contribution in [0.4, 0.5) is 0 Å². The van der Waals surface area contributed by atoms with Crippen molar-refractivity contribution in [2.45, 2.75) is 102 Å². The lowest BCUT2D eigenvalue weighted by Gasteiger charge is -2.39. The Bertz CT molecular complexity index is 803. The van der Waals surface area contributed by atoms with Gasteiger partial charge in [-0.3, -0.25) is 14.4 Å². The Hall–Kier alpha value is -1.93. The molecule has 3 saturated heterocycles. The number of esters is 1. The summed E-state index contributed by atoms with van der Waals surface area (Å²) in [5.74, 6) is -2.12. The number of amides is 2. The smallest absolute Gasteiger partial charge is 0.312 e. The molecule has 1 spiro atoms. The van der Waals surface area contributed by atoms with Crippen molar-refractivity contribution >= 4 is 17.8 Å². The molecule has 3 heterocycles. The molecule has 0 aromatic carbocycles. The summed E-state index contributed by atoms with van der Waals surface area (Å²) in [5.41, 5.74) is -1.80. The van der Waals surface area contributed by atoms with E-state index in [4.69, 9.17) is 9.47 Å². The normalized spacial score (nSPS) is 32.0. The topological polar surface area (TPSA) is 96.4 Å². The van der Waals surface area contributed by atoms with E-state index in [0.29, 0.717) is 45.2 Å². The summed E-state index contributed by atoms with van der Waals surface area (Å²) < 4.78 is 12.2. The first-order valence-corrected chi connectivity index (χ1v) is 13.5. The molecular weight excluding hydrogens is 448 g/mol. The average Bonchev–Trinajstić information content (AvgIpc) is 3.44. The lowest BCUT2D eigenvalue weighted by atomic mass is 9.65. The van der Waals surface area contributed by atoms with Gasteiger partial charge in [-0.25, -0.2) is 0 Å². The van der Waals surface area contributed by atoms with Crippen molar-refractivity contribution in [1.82, 2.24) is 9.80 Å². The van der Waals surface area contributed by atoms with Crippen molar-refractivity contribution in [2.24, 2.45) is 11.8 Å². The zero-order chi connectivity index (χ0) is 25.8. The number of fused-ring (bicyclic) bond motifs is 1. The molecule has 1 N–H and O–H groups in total. The number of aliphatic hydroxyl groups is 1. The molecule has 8 heteroatoms. The minimum absolute atomic E-state index is 0.00752. The van der Waals surface area contributed by atoms with Crippen LogP contribution in [-0.2, 0) is 23.9 Å². The summed E-state index contributed by atoms with van der Waals surface area (Å²) in [7, 11) is 0. The summed E-state index contributed by atoms with van der Waals surface area (Å²) >= 11 is 0. The van der Waals surface area contributed by atoms with Gasteiger partial charge in [0.05, 0.1) is 18.1 Å². The molecule has 0 aromatic rings. The van der Waals surface area contributed by atoms with Gasteiger partial charge >= 0.3 is 5.97 Å². The number of ether oxygens (including phenoxy) is 2. The van der Waals surface area contributed by atoms with Crippen LogP contribution >= 0.6 is 0 Å². The maximum atomic E-state index is 14.3. The molecule has 0 aliphatic carbocycles. The molecule has 3 unspecified atom stereocenters. The Morgan fingerprint density at radius 2 is 2.03 bits per heavy atom. The Balaban J connectivity index is 2.05. The van der Waals surface area contributed by atoms with Gasteiger partial charge in [0.2, 0.25) is 11.8 Å². The van der Waals surface area contributed by atoms with Crippen molar-refractivity contribution < 1.29 is 29.0 Å². The lowest BCUT2D eigenvalue weighted by Crippen LogP contribution is -2.58. The molecule has 0 radical (unpaired) electrons. The van der Waals surface area contributed by atoms with E-state index < -0.39 is 35.0 Å². The van der Waals surface area contributed by atoms with E-state index in [2.05, 4.69) is 13.5 Å². The van der Waals surface area contributed by atoms with Crippen LogP contribution in [0.3, 0.4) is 0 Å². The monoisotopic (exact) mass is 492 g/mol. The van der Waals surface area contributed by atoms with Gasteiger partial charge in [0.1, 0.15) is 17.6 Å². The highest BCUT2D eigenvalue weighted by atomic mass is 16.6. The van der Waals surface area contributed by atoms with Gasteiger partial charge in [0.15, 0.2) is 0 Å². The number of hydrogen-bond donors (Lipinski definition) is 1. The number of nitrogens with zero attached hydrogens (tertiary/aromatic N) is 2. The Kier molecular flexibility index (Phi) is 9.02. The van der Waals surface area contributed by atoms with Crippen LogP contribution in [0.25, 0.3) is 0 Å². The molecule has 3 aliphatic rings. The number of aliphatic hydroxyl groups excluding tert-OH is 1. The van der Waals surface area contributed by atoms with Gasteiger partial charge in [-0.05, 0) is 58.8 Å². The molecular formula is C27H44N2O6. The zero-order valence-corrected chi connectivity index (χ0v) is 22.0. The zero-order valence-electron chi connectivity index (χ0n) is 22.0. The molecule has 8 nitrogen and oxygen atoms in total. The molecule has 3 fully saturated rings. The van der Waals surface area contributed by atoms with Crippen molar-refractivity contribution in [3.05, 3.63) is 12.7 Å². The third-order valence-corrected chi connectivity index (χ3v) is 8.36.